The predicted molar refractivity (Wildman–Crippen MR) is 98.3 cm³/mol. The maximum absolute atomic E-state index is 13.1. The van der Waals surface area contributed by atoms with E-state index in [-0.39, 0.29) is 11.3 Å². The molecule has 0 spiro atoms. The number of carbonyl (C=O) groups is 2. The molecule has 0 aliphatic carbocycles. The van der Waals surface area contributed by atoms with E-state index in [4.69, 9.17) is 0 Å². The number of anilines is 1. The average molecular weight is 460 g/mol. The number of imide groups is 1. The van der Waals surface area contributed by atoms with Crippen LogP contribution in [0.3, 0.4) is 0 Å². The molecule has 0 saturated heterocycles. The number of halogens is 6. The van der Waals surface area contributed by atoms with Crippen molar-refractivity contribution >= 4 is 29.2 Å². The minimum atomic E-state index is -4.82. The number of hydrogen-bond donors (Lipinski definition) is 2. The highest BCUT2D eigenvalue weighted by atomic mass is 32.1. The molecule has 6 nitrogen and oxygen atoms in total. The van der Waals surface area contributed by atoms with Gasteiger partial charge in [0.05, 0.1) is 16.1 Å². The van der Waals surface area contributed by atoms with Crippen LogP contribution in [0, 0.1) is 0 Å². The Labute approximate surface area is 174 Å². The van der Waals surface area contributed by atoms with E-state index in [1.165, 1.54) is 6.07 Å². The smallest absolute Gasteiger partial charge is 0.276 e. The SMILES string of the molecule is O=C(NC(=O)c1ccc(C(F)(F)F)cc1)Nc1nc(-c2cccs2)cc(C(F)(F)F)n1. The monoisotopic (exact) mass is 460 g/mol. The van der Waals surface area contributed by atoms with Crippen molar-refractivity contribution in [3.63, 3.8) is 0 Å². The van der Waals surface area contributed by atoms with Gasteiger partial charge in [0, 0.05) is 5.56 Å². The molecule has 2 aromatic heterocycles. The lowest BCUT2D eigenvalue weighted by molar-refractivity contribution is -0.141. The van der Waals surface area contributed by atoms with Crippen molar-refractivity contribution in [3.8, 4) is 10.6 Å². The Morgan fingerprint density at radius 3 is 2.13 bits per heavy atom. The second-order valence-corrected chi connectivity index (χ2v) is 6.87. The summed E-state index contributed by atoms with van der Waals surface area (Å²) in [6.45, 7) is 0. The lowest BCUT2D eigenvalue weighted by atomic mass is 10.1. The fourth-order valence-electron chi connectivity index (χ4n) is 2.32. The number of alkyl halides is 6. The summed E-state index contributed by atoms with van der Waals surface area (Å²) in [7, 11) is 0. The molecule has 2 heterocycles. The van der Waals surface area contributed by atoms with Crippen LogP contribution >= 0.6 is 11.3 Å². The molecule has 0 bridgehead atoms. The summed E-state index contributed by atoms with van der Waals surface area (Å²) in [6.07, 6.45) is -9.43. The first-order valence-electron chi connectivity index (χ1n) is 8.23. The molecule has 0 saturated carbocycles. The van der Waals surface area contributed by atoms with Crippen molar-refractivity contribution in [2.24, 2.45) is 0 Å². The molecule has 0 aliphatic heterocycles. The molecule has 0 atom stereocenters. The minimum absolute atomic E-state index is 0.0957. The normalized spacial score (nSPS) is 11.8. The summed E-state index contributed by atoms with van der Waals surface area (Å²) < 4.78 is 77.1. The summed E-state index contributed by atoms with van der Waals surface area (Å²) in [5.41, 5.74) is -2.67. The van der Waals surface area contributed by atoms with E-state index >= 15 is 0 Å². The number of nitrogens with zero attached hydrogens (tertiary/aromatic N) is 2. The number of carbonyl (C=O) groups excluding carboxylic acids is 2. The van der Waals surface area contributed by atoms with Crippen molar-refractivity contribution in [3.05, 3.63) is 64.7 Å². The van der Waals surface area contributed by atoms with E-state index in [1.54, 1.807) is 16.8 Å². The molecular weight excluding hydrogens is 450 g/mol. The van der Waals surface area contributed by atoms with Gasteiger partial charge < -0.3 is 0 Å². The number of aromatic nitrogens is 2. The molecule has 2 N–H and O–H groups in total. The first kappa shape index (κ1) is 22.2. The summed E-state index contributed by atoms with van der Waals surface area (Å²) in [6, 6.07) is 5.56. The van der Waals surface area contributed by atoms with Crippen LogP contribution in [0.5, 0.6) is 0 Å². The van der Waals surface area contributed by atoms with Gasteiger partial charge in [-0.1, -0.05) is 6.07 Å². The first-order valence-corrected chi connectivity index (χ1v) is 9.11. The van der Waals surface area contributed by atoms with E-state index in [2.05, 4.69) is 9.97 Å². The maximum atomic E-state index is 13.1. The second kappa shape index (κ2) is 8.34. The van der Waals surface area contributed by atoms with Crippen LogP contribution in [0.1, 0.15) is 21.6 Å². The molecule has 0 unspecified atom stereocenters. The van der Waals surface area contributed by atoms with Gasteiger partial charge in [-0.3, -0.25) is 15.4 Å². The number of benzene rings is 1. The van der Waals surface area contributed by atoms with Crippen molar-refractivity contribution < 1.29 is 35.9 Å². The van der Waals surface area contributed by atoms with E-state index in [0.717, 1.165) is 23.5 Å². The van der Waals surface area contributed by atoms with Crippen LogP contribution in [0.4, 0.5) is 37.1 Å². The van der Waals surface area contributed by atoms with Gasteiger partial charge in [-0.05, 0) is 41.8 Å². The fourth-order valence-corrected chi connectivity index (χ4v) is 3.00. The Balaban J connectivity index is 1.76. The topological polar surface area (TPSA) is 84.0 Å². The number of urea groups is 1. The van der Waals surface area contributed by atoms with Crippen molar-refractivity contribution in [1.82, 2.24) is 15.3 Å². The van der Waals surface area contributed by atoms with Crippen LogP contribution in [-0.4, -0.2) is 21.9 Å². The first-order chi connectivity index (χ1) is 14.4. The van der Waals surface area contributed by atoms with E-state index in [1.807, 2.05) is 5.32 Å². The number of rotatable bonds is 3. The highest BCUT2D eigenvalue weighted by molar-refractivity contribution is 7.13. The van der Waals surface area contributed by atoms with Gasteiger partial charge in [-0.2, -0.15) is 26.3 Å². The zero-order chi connectivity index (χ0) is 22.8. The van der Waals surface area contributed by atoms with E-state index in [9.17, 15) is 35.9 Å². The largest absolute Gasteiger partial charge is 0.433 e. The van der Waals surface area contributed by atoms with Crippen molar-refractivity contribution in [2.45, 2.75) is 12.4 Å². The van der Waals surface area contributed by atoms with Gasteiger partial charge in [0.15, 0.2) is 5.69 Å². The lowest BCUT2D eigenvalue weighted by Crippen LogP contribution is -2.35. The van der Waals surface area contributed by atoms with E-state index < -0.39 is 41.5 Å². The lowest BCUT2D eigenvalue weighted by Gasteiger charge is -2.11. The minimum Gasteiger partial charge on any atom is -0.276 e. The van der Waals surface area contributed by atoms with Gasteiger partial charge in [0.1, 0.15) is 0 Å². The third-order valence-electron chi connectivity index (χ3n) is 3.72. The van der Waals surface area contributed by atoms with Gasteiger partial charge in [0.2, 0.25) is 5.95 Å². The van der Waals surface area contributed by atoms with Gasteiger partial charge >= 0.3 is 18.4 Å². The third kappa shape index (κ3) is 5.57. The molecule has 13 heteroatoms. The standard InChI is InChI=1S/C18H10F6N4O2S/c19-17(20,21)10-5-3-9(4-6-10)14(29)27-16(30)28-15-25-11(12-2-1-7-31-12)8-13(26-15)18(22,23)24/h1-8H,(H2,25,26,27,28,29,30). The fraction of sp³-hybridized carbons (Fsp3) is 0.111. The summed E-state index contributed by atoms with van der Waals surface area (Å²) in [4.78, 5) is 31.5. The molecule has 31 heavy (non-hydrogen) atoms. The summed E-state index contributed by atoms with van der Waals surface area (Å²) in [5.74, 6) is -1.78. The predicted octanol–water partition coefficient (Wildman–Crippen LogP) is 5.20. The van der Waals surface area contributed by atoms with Crippen LogP contribution in [-0.2, 0) is 12.4 Å². The zero-order valence-electron chi connectivity index (χ0n) is 15.0. The summed E-state index contributed by atoms with van der Waals surface area (Å²) in [5, 5.41) is 5.33. The quantitative estimate of drug-likeness (QED) is 0.526. The zero-order valence-corrected chi connectivity index (χ0v) is 15.8. The van der Waals surface area contributed by atoms with Gasteiger partial charge in [-0.25, -0.2) is 14.8 Å². The Hall–Kier alpha value is -3.48. The second-order valence-electron chi connectivity index (χ2n) is 5.92. The third-order valence-corrected chi connectivity index (χ3v) is 4.61. The number of hydrogen-bond acceptors (Lipinski definition) is 5. The highest BCUT2D eigenvalue weighted by Gasteiger charge is 2.34. The summed E-state index contributed by atoms with van der Waals surface area (Å²) >= 11 is 1.11. The maximum Gasteiger partial charge on any atom is 0.433 e. The molecule has 3 amide bonds. The molecule has 162 valence electrons. The Morgan fingerprint density at radius 2 is 1.58 bits per heavy atom. The van der Waals surface area contributed by atoms with Crippen LogP contribution in [0.15, 0.2) is 47.8 Å². The molecule has 3 aromatic rings. The number of thiophene rings is 1. The highest BCUT2D eigenvalue weighted by Crippen LogP contribution is 2.32. The molecule has 0 radical (unpaired) electrons. The number of amides is 3. The van der Waals surface area contributed by atoms with Gasteiger partial charge in [0.25, 0.3) is 5.91 Å². The Morgan fingerprint density at radius 1 is 0.903 bits per heavy atom. The van der Waals surface area contributed by atoms with Crippen LogP contribution < -0.4 is 10.6 Å². The molecule has 0 fully saturated rings. The van der Waals surface area contributed by atoms with Crippen LogP contribution in [0.2, 0.25) is 0 Å². The average Bonchev–Trinajstić information content (AvgIpc) is 3.21. The molecule has 3 rings (SSSR count). The van der Waals surface area contributed by atoms with E-state index in [0.29, 0.717) is 23.1 Å². The molecular formula is C18H10F6N4O2S. The Kier molecular flexibility index (Phi) is 5.97. The Bertz CT molecular complexity index is 1100. The van der Waals surface area contributed by atoms with Crippen LogP contribution in [0.25, 0.3) is 10.6 Å². The van der Waals surface area contributed by atoms with Gasteiger partial charge in [-0.15, -0.1) is 11.3 Å². The molecule has 1 aromatic carbocycles. The molecule has 0 aliphatic rings. The van der Waals surface area contributed by atoms with Crippen molar-refractivity contribution in [2.75, 3.05) is 5.32 Å². The van der Waals surface area contributed by atoms with Crippen molar-refractivity contribution in [1.29, 1.82) is 0 Å². The number of nitrogens with one attached hydrogen (secondary N) is 2.